The Morgan fingerprint density at radius 1 is 0.352 bits per heavy atom. The SMILES string of the molecule is CC(=O)[O-].CC(=O)[O-].CC(=O)[O-].CC(=O)[O-].NC(=O)c1ccncc1.NC(=O)c1ccncc1.NC(=O)c1ccncc1.NC(=O)c1ccncc1.[Cu+2].[Cu+2]. The van der Waals surface area contributed by atoms with Gasteiger partial charge in [-0.3, -0.25) is 39.1 Å². The second-order valence-electron chi connectivity index (χ2n) is 8.37. The normalized spacial score (nSPS) is 7.78. The van der Waals surface area contributed by atoms with Gasteiger partial charge in [0.1, 0.15) is 0 Å². The first-order valence-corrected chi connectivity index (χ1v) is 13.6. The van der Waals surface area contributed by atoms with Crippen molar-refractivity contribution >= 4 is 47.5 Å². The fourth-order valence-corrected chi connectivity index (χ4v) is 2.06. The van der Waals surface area contributed by atoms with Crippen LogP contribution in [-0.2, 0) is 53.3 Å². The molecule has 0 aliphatic rings. The third-order valence-corrected chi connectivity index (χ3v) is 3.86. The molecular formula is C32H36Cu2N8O12. The summed E-state index contributed by atoms with van der Waals surface area (Å²) in [6.45, 7) is 3.89. The summed E-state index contributed by atoms with van der Waals surface area (Å²) in [6, 6.07) is 12.6. The number of carbonyl (C=O) groups excluding carboxylic acids is 8. The summed E-state index contributed by atoms with van der Waals surface area (Å²) in [5, 5.41) is 35.6. The van der Waals surface area contributed by atoms with Gasteiger partial charge in [-0.2, -0.15) is 0 Å². The van der Waals surface area contributed by atoms with Gasteiger partial charge in [-0.25, -0.2) is 0 Å². The molecule has 0 atom stereocenters. The van der Waals surface area contributed by atoms with Crippen LogP contribution in [0, 0.1) is 0 Å². The molecule has 54 heavy (non-hydrogen) atoms. The van der Waals surface area contributed by atoms with E-state index in [0.717, 1.165) is 27.7 Å². The predicted octanol–water partition coefficient (Wildman–Crippen LogP) is -4.26. The van der Waals surface area contributed by atoms with Gasteiger partial charge in [0, 0.05) is 95.7 Å². The van der Waals surface area contributed by atoms with Gasteiger partial charge in [-0.15, -0.1) is 0 Å². The molecule has 0 aliphatic heterocycles. The molecule has 4 amide bonds. The van der Waals surface area contributed by atoms with Crippen molar-refractivity contribution in [3.8, 4) is 0 Å². The Labute approximate surface area is 330 Å². The summed E-state index contributed by atoms with van der Waals surface area (Å²) in [6.07, 6.45) is 12.2. The molecule has 0 fully saturated rings. The van der Waals surface area contributed by atoms with Crippen LogP contribution in [0.4, 0.5) is 0 Å². The molecule has 0 bridgehead atoms. The van der Waals surface area contributed by atoms with Gasteiger partial charge in [0.15, 0.2) is 0 Å². The van der Waals surface area contributed by atoms with Crippen LogP contribution in [0.5, 0.6) is 0 Å². The minimum absolute atomic E-state index is 0. The van der Waals surface area contributed by atoms with Crippen LogP contribution in [-0.4, -0.2) is 67.4 Å². The number of carboxylic acids is 4. The van der Waals surface area contributed by atoms with E-state index < -0.39 is 47.5 Å². The first-order valence-electron chi connectivity index (χ1n) is 13.6. The second-order valence-corrected chi connectivity index (χ2v) is 8.37. The molecule has 4 aromatic rings. The number of aromatic nitrogens is 4. The van der Waals surface area contributed by atoms with Crippen molar-refractivity contribution < 1.29 is 92.9 Å². The van der Waals surface area contributed by atoms with Gasteiger partial charge in [0.2, 0.25) is 23.6 Å². The summed E-state index contributed by atoms with van der Waals surface area (Å²) in [7, 11) is 0. The van der Waals surface area contributed by atoms with Crippen LogP contribution in [0.3, 0.4) is 0 Å². The number of carbonyl (C=O) groups is 8. The molecule has 298 valence electrons. The molecule has 4 heterocycles. The molecule has 8 N–H and O–H groups in total. The van der Waals surface area contributed by atoms with Crippen molar-refractivity contribution in [2.45, 2.75) is 27.7 Å². The van der Waals surface area contributed by atoms with E-state index in [1.807, 2.05) is 0 Å². The van der Waals surface area contributed by atoms with E-state index in [9.17, 15) is 19.2 Å². The molecule has 4 aromatic heterocycles. The van der Waals surface area contributed by atoms with Crippen molar-refractivity contribution in [2.24, 2.45) is 22.9 Å². The third-order valence-electron chi connectivity index (χ3n) is 3.86. The van der Waals surface area contributed by atoms with E-state index in [4.69, 9.17) is 62.5 Å². The maximum atomic E-state index is 10.4. The number of nitrogens with zero attached hydrogens (tertiary/aromatic N) is 4. The van der Waals surface area contributed by atoms with Gasteiger partial charge in [-0.1, -0.05) is 0 Å². The molecular weight excluding hydrogens is 815 g/mol. The Balaban J connectivity index is -0.000000125. The Hall–Kier alpha value is -6.60. The number of primary amides is 4. The minimum Gasteiger partial charge on any atom is -0.550 e. The maximum absolute atomic E-state index is 10.4. The monoisotopic (exact) mass is 850 g/mol. The third kappa shape index (κ3) is 52.2. The van der Waals surface area contributed by atoms with E-state index in [2.05, 4.69) is 19.9 Å². The van der Waals surface area contributed by atoms with E-state index >= 15 is 0 Å². The summed E-state index contributed by atoms with van der Waals surface area (Å²) in [5.74, 6) is -6.01. The Morgan fingerprint density at radius 2 is 0.444 bits per heavy atom. The van der Waals surface area contributed by atoms with E-state index in [1.165, 1.54) is 49.6 Å². The summed E-state index contributed by atoms with van der Waals surface area (Å²) >= 11 is 0. The Bertz CT molecular complexity index is 1380. The van der Waals surface area contributed by atoms with E-state index in [-0.39, 0.29) is 34.1 Å². The predicted molar refractivity (Wildman–Crippen MR) is 174 cm³/mol. The molecule has 0 saturated carbocycles. The number of carboxylic acid groups (broad SMARTS) is 4. The van der Waals surface area contributed by atoms with Crippen molar-refractivity contribution in [3.63, 3.8) is 0 Å². The van der Waals surface area contributed by atoms with Crippen LogP contribution in [0.15, 0.2) is 98.1 Å². The topological polar surface area (TPSA) is 384 Å². The summed E-state index contributed by atoms with van der Waals surface area (Å²) in [4.78, 5) is 92.0. The van der Waals surface area contributed by atoms with E-state index in [1.54, 1.807) is 48.5 Å². The number of hydrogen-bond donors (Lipinski definition) is 4. The standard InChI is InChI=1S/4C6H6N2O.4C2H4O2.2Cu/c4*7-6(9)5-1-3-8-4-2-5;4*1-2(3)4;;/h4*1-4H,(H2,7,9);4*1H3,(H,3,4);;/q;;;;;;;;2*+2/p-4. The molecule has 22 heteroatoms. The van der Waals surface area contributed by atoms with Crippen molar-refractivity contribution in [2.75, 3.05) is 0 Å². The number of amides is 4. The number of nitrogens with two attached hydrogens (primary N) is 4. The first kappa shape index (κ1) is 59.5. The molecule has 0 aliphatic carbocycles. The Kier molecular flexibility index (Phi) is 43.2. The molecule has 2 radical (unpaired) electrons. The molecule has 0 unspecified atom stereocenters. The number of aliphatic carboxylic acids is 4. The smallest absolute Gasteiger partial charge is 0.550 e. The van der Waals surface area contributed by atoms with Gasteiger partial charge in [0.25, 0.3) is 0 Å². The zero-order valence-electron chi connectivity index (χ0n) is 28.8. The average molecular weight is 852 g/mol. The Morgan fingerprint density at radius 3 is 0.500 bits per heavy atom. The molecule has 20 nitrogen and oxygen atoms in total. The van der Waals surface area contributed by atoms with Crippen molar-refractivity contribution in [1.29, 1.82) is 0 Å². The van der Waals surface area contributed by atoms with Gasteiger partial charge in [0.05, 0.1) is 0 Å². The molecule has 0 saturated heterocycles. The molecule has 4 rings (SSSR count). The van der Waals surface area contributed by atoms with Gasteiger partial charge < -0.3 is 62.5 Å². The van der Waals surface area contributed by atoms with Crippen LogP contribution in [0.25, 0.3) is 0 Å². The number of pyridine rings is 4. The zero-order chi connectivity index (χ0) is 41.1. The van der Waals surface area contributed by atoms with Gasteiger partial charge >= 0.3 is 34.1 Å². The van der Waals surface area contributed by atoms with Gasteiger partial charge in [-0.05, 0) is 76.2 Å². The average Bonchev–Trinajstić information content (AvgIpc) is 3.06. The van der Waals surface area contributed by atoms with Crippen LogP contribution in [0.2, 0.25) is 0 Å². The molecule has 0 aromatic carbocycles. The van der Waals surface area contributed by atoms with Crippen LogP contribution >= 0.6 is 0 Å². The fraction of sp³-hybridized carbons (Fsp3) is 0.125. The van der Waals surface area contributed by atoms with E-state index in [0.29, 0.717) is 22.3 Å². The summed E-state index contributed by atoms with van der Waals surface area (Å²) in [5.41, 5.74) is 21.8. The molecule has 0 spiro atoms. The summed E-state index contributed by atoms with van der Waals surface area (Å²) < 4.78 is 0. The zero-order valence-corrected chi connectivity index (χ0v) is 30.7. The van der Waals surface area contributed by atoms with Crippen LogP contribution < -0.4 is 43.4 Å². The fourth-order valence-electron chi connectivity index (χ4n) is 2.06. The van der Waals surface area contributed by atoms with Crippen molar-refractivity contribution in [3.05, 3.63) is 120 Å². The number of hydrogen-bond acceptors (Lipinski definition) is 16. The maximum Gasteiger partial charge on any atom is 2.00 e. The second kappa shape index (κ2) is 39.2. The first-order chi connectivity index (χ1) is 24.1. The van der Waals surface area contributed by atoms with Crippen LogP contribution in [0.1, 0.15) is 69.1 Å². The number of rotatable bonds is 4. The quantitative estimate of drug-likeness (QED) is 0.141. The van der Waals surface area contributed by atoms with Crippen molar-refractivity contribution in [1.82, 2.24) is 19.9 Å². The largest absolute Gasteiger partial charge is 2.00 e. The minimum atomic E-state index is -1.08.